The molecule has 4 N–H and O–H groups in total. The second-order valence-corrected chi connectivity index (χ2v) is 3.32. The summed E-state index contributed by atoms with van der Waals surface area (Å²) in [6.45, 7) is -0.174. The minimum absolute atomic E-state index is 0. The molecule has 0 aliphatic rings. The van der Waals surface area contributed by atoms with E-state index in [1.54, 1.807) is 0 Å². The van der Waals surface area contributed by atoms with E-state index in [0.717, 1.165) is 6.07 Å². The third kappa shape index (κ3) is 3.21. The molecule has 0 saturated carbocycles. The zero-order chi connectivity index (χ0) is 10.7. The van der Waals surface area contributed by atoms with Gasteiger partial charge in [-0.3, -0.25) is 0 Å². The van der Waals surface area contributed by atoms with Gasteiger partial charge in [-0.2, -0.15) is 0 Å². The van der Waals surface area contributed by atoms with Crippen molar-refractivity contribution in [1.29, 1.82) is 0 Å². The van der Waals surface area contributed by atoms with E-state index in [9.17, 15) is 9.50 Å². The van der Waals surface area contributed by atoms with Gasteiger partial charge in [0, 0.05) is 18.2 Å². The van der Waals surface area contributed by atoms with Gasteiger partial charge in [0.05, 0.1) is 5.02 Å². The molecule has 3 nitrogen and oxygen atoms in total. The van der Waals surface area contributed by atoms with Crippen molar-refractivity contribution in [2.75, 3.05) is 6.61 Å². The molecule has 0 bridgehead atoms. The van der Waals surface area contributed by atoms with Crippen LogP contribution in [-0.2, 0) is 0 Å². The maximum absolute atomic E-state index is 13.2. The Labute approximate surface area is 98.1 Å². The van der Waals surface area contributed by atoms with Crippen molar-refractivity contribution >= 4 is 24.0 Å². The molecule has 15 heavy (non-hydrogen) atoms. The molecular weight excluding hydrogens is 244 g/mol. The normalized spacial score (nSPS) is 12.0. The van der Waals surface area contributed by atoms with Crippen LogP contribution in [0.4, 0.5) is 4.39 Å². The molecule has 0 saturated heterocycles. The molecule has 0 aliphatic carbocycles. The number of hydrogen-bond acceptors (Lipinski definition) is 3. The third-order valence-corrected chi connectivity index (χ3v) is 2.23. The van der Waals surface area contributed by atoms with Crippen molar-refractivity contribution in [3.8, 4) is 5.75 Å². The third-order valence-electron chi connectivity index (χ3n) is 1.93. The summed E-state index contributed by atoms with van der Waals surface area (Å²) in [4.78, 5) is 0. The molecular formula is C9H12Cl2FNO2. The lowest BCUT2D eigenvalue weighted by Gasteiger charge is -2.13. The molecule has 1 aromatic rings. The van der Waals surface area contributed by atoms with E-state index in [-0.39, 0.29) is 41.8 Å². The van der Waals surface area contributed by atoms with Gasteiger partial charge in [0.2, 0.25) is 0 Å². The van der Waals surface area contributed by atoms with Gasteiger partial charge in [-0.15, -0.1) is 12.4 Å². The molecule has 0 amide bonds. The van der Waals surface area contributed by atoms with Gasteiger partial charge in [0.25, 0.3) is 0 Å². The first-order chi connectivity index (χ1) is 6.57. The highest BCUT2D eigenvalue weighted by Gasteiger charge is 2.17. The van der Waals surface area contributed by atoms with E-state index in [2.05, 4.69) is 0 Å². The number of halogens is 3. The standard InChI is InChI=1S/C9H11ClFNO2.ClH/c10-5-1-2-6(11)8(9(5)14)7(12)3-4-13;/h1-2,7,13-14H,3-4,12H2;1H/t7-;/m0./s1. The van der Waals surface area contributed by atoms with Crippen molar-refractivity contribution in [3.63, 3.8) is 0 Å². The van der Waals surface area contributed by atoms with Crippen LogP contribution in [-0.4, -0.2) is 16.8 Å². The predicted octanol–water partition coefficient (Wildman–Crippen LogP) is 1.99. The summed E-state index contributed by atoms with van der Waals surface area (Å²) in [5, 5.41) is 18.1. The summed E-state index contributed by atoms with van der Waals surface area (Å²) >= 11 is 5.60. The average Bonchev–Trinajstić information content (AvgIpc) is 2.13. The highest BCUT2D eigenvalue weighted by atomic mass is 35.5. The second-order valence-electron chi connectivity index (χ2n) is 2.91. The molecule has 0 spiro atoms. The van der Waals surface area contributed by atoms with Crippen molar-refractivity contribution < 1.29 is 14.6 Å². The summed E-state index contributed by atoms with van der Waals surface area (Å²) < 4.78 is 13.2. The monoisotopic (exact) mass is 255 g/mol. The Morgan fingerprint density at radius 3 is 2.60 bits per heavy atom. The van der Waals surface area contributed by atoms with Crippen LogP contribution in [0.2, 0.25) is 5.02 Å². The summed E-state index contributed by atoms with van der Waals surface area (Å²) in [5.74, 6) is -0.972. The number of phenols is 1. The molecule has 0 aromatic heterocycles. The first-order valence-electron chi connectivity index (χ1n) is 4.11. The minimum Gasteiger partial charge on any atom is -0.506 e. The van der Waals surface area contributed by atoms with Crippen molar-refractivity contribution in [2.24, 2.45) is 5.73 Å². The fourth-order valence-electron chi connectivity index (χ4n) is 1.19. The van der Waals surface area contributed by atoms with E-state index in [1.807, 2.05) is 0 Å². The van der Waals surface area contributed by atoms with Crippen LogP contribution in [0.3, 0.4) is 0 Å². The van der Waals surface area contributed by atoms with Gasteiger partial charge >= 0.3 is 0 Å². The first-order valence-corrected chi connectivity index (χ1v) is 4.49. The molecule has 0 fully saturated rings. The molecule has 1 atom stereocenters. The molecule has 0 heterocycles. The van der Waals surface area contributed by atoms with Crippen LogP contribution in [0.15, 0.2) is 12.1 Å². The highest BCUT2D eigenvalue weighted by molar-refractivity contribution is 6.32. The summed E-state index contributed by atoms with van der Waals surface area (Å²) in [6.07, 6.45) is 0.171. The van der Waals surface area contributed by atoms with Crippen molar-refractivity contribution in [3.05, 3.63) is 28.5 Å². The Morgan fingerprint density at radius 1 is 1.47 bits per heavy atom. The van der Waals surface area contributed by atoms with Gasteiger partial charge in [0.1, 0.15) is 11.6 Å². The Bertz CT molecular complexity index is 336. The average molecular weight is 256 g/mol. The molecule has 1 rings (SSSR count). The SMILES string of the molecule is Cl.N[C@@H](CCO)c1c(F)ccc(Cl)c1O. The minimum atomic E-state index is -0.751. The number of phenolic OH excluding ortho intramolecular Hbond substituents is 1. The van der Waals surface area contributed by atoms with E-state index in [4.69, 9.17) is 22.4 Å². The smallest absolute Gasteiger partial charge is 0.141 e. The van der Waals surface area contributed by atoms with Crippen LogP contribution in [0.5, 0.6) is 5.75 Å². The van der Waals surface area contributed by atoms with Crippen LogP contribution in [0.25, 0.3) is 0 Å². The van der Waals surface area contributed by atoms with E-state index in [0.29, 0.717) is 0 Å². The maximum atomic E-state index is 13.2. The first kappa shape index (κ1) is 14.5. The number of aliphatic hydroxyl groups is 1. The van der Waals surface area contributed by atoms with Gasteiger partial charge in [0.15, 0.2) is 0 Å². The van der Waals surface area contributed by atoms with E-state index >= 15 is 0 Å². The lowest BCUT2D eigenvalue weighted by Crippen LogP contribution is -2.14. The number of benzene rings is 1. The zero-order valence-electron chi connectivity index (χ0n) is 7.78. The van der Waals surface area contributed by atoms with Gasteiger partial charge in [-0.1, -0.05) is 11.6 Å². The number of aliphatic hydroxyl groups excluding tert-OH is 1. The Hall–Kier alpha value is -0.550. The van der Waals surface area contributed by atoms with Gasteiger partial charge in [-0.25, -0.2) is 4.39 Å². The van der Waals surface area contributed by atoms with Crippen LogP contribution in [0.1, 0.15) is 18.0 Å². The topological polar surface area (TPSA) is 66.5 Å². The largest absolute Gasteiger partial charge is 0.506 e. The van der Waals surface area contributed by atoms with Crippen molar-refractivity contribution in [2.45, 2.75) is 12.5 Å². The summed E-state index contributed by atoms with van der Waals surface area (Å²) in [5.41, 5.74) is 5.51. The molecule has 0 aliphatic heterocycles. The van der Waals surface area contributed by atoms with Gasteiger partial charge < -0.3 is 15.9 Å². The Morgan fingerprint density at radius 2 is 2.07 bits per heavy atom. The van der Waals surface area contributed by atoms with E-state index in [1.165, 1.54) is 6.07 Å². The number of hydrogen-bond donors (Lipinski definition) is 3. The molecule has 86 valence electrons. The van der Waals surface area contributed by atoms with Gasteiger partial charge in [-0.05, 0) is 18.6 Å². The number of nitrogens with two attached hydrogens (primary N) is 1. The highest BCUT2D eigenvalue weighted by Crippen LogP contribution is 2.33. The maximum Gasteiger partial charge on any atom is 0.141 e. The van der Waals surface area contributed by atoms with Crippen LogP contribution in [0, 0.1) is 5.82 Å². The lowest BCUT2D eigenvalue weighted by atomic mass is 10.0. The van der Waals surface area contributed by atoms with Crippen molar-refractivity contribution in [1.82, 2.24) is 0 Å². The second kappa shape index (κ2) is 6.12. The molecule has 6 heteroatoms. The van der Waals surface area contributed by atoms with Crippen LogP contribution >= 0.6 is 24.0 Å². The lowest BCUT2D eigenvalue weighted by molar-refractivity contribution is 0.274. The molecule has 1 aromatic carbocycles. The predicted molar refractivity (Wildman–Crippen MR) is 59.0 cm³/mol. The number of rotatable bonds is 3. The Kier molecular flexibility index (Phi) is 5.90. The molecule has 0 radical (unpaired) electrons. The zero-order valence-corrected chi connectivity index (χ0v) is 9.35. The van der Waals surface area contributed by atoms with Crippen LogP contribution < -0.4 is 5.73 Å². The fourth-order valence-corrected chi connectivity index (χ4v) is 1.36. The fraction of sp³-hybridized carbons (Fsp3) is 0.333. The number of aromatic hydroxyl groups is 1. The summed E-state index contributed by atoms with van der Waals surface area (Å²) in [6, 6.07) is 1.63. The van der Waals surface area contributed by atoms with E-state index < -0.39 is 11.9 Å². The Balaban J connectivity index is 0.00000196. The summed E-state index contributed by atoms with van der Waals surface area (Å²) in [7, 11) is 0. The molecule has 0 unspecified atom stereocenters. The quantitative estimate of drug-likeness (QED) is 0.774.